The van der Waals surface area contributed by atoms with Crippen LogP contribution in [-0.2, 0) is 6.54 Å². The second kappa shape index (κ2) is 7.14. The van der Waals surface area contributed by atoms with Gasteiger partial charge in [0.1, 0.15) is 0 Å². The number of fused-ring (bicyclic) bond motifs is 1. The molecule has 0 bridgehead atoms. The molecule has 4 aromatic rings. The molecule has 0 radical (unpaired) electrons. The smallest absolute Gasteiger partial charge is 0.190 e. The third-order valence-corrected chi connectivity index (χ3v) is 5.30. The molecular weight excluding hydrogens is 336 g/mol. The van der Waals surface area contributed by atoms with Gasteiger partial charge in [-0.1, -0.05) is 72.3 Å². The first-order chi connectivity index (χ1) is 12.8. The van der Waals surface area contributed by atoms with Crippen LogP contribution < -0.4 is 4.80 Å². The molecule has 0 saturated carbocycles. The van der Waals surface area contributed by atoms with Crippen molar-refractivity contribution < 1.29 is 0 Å². The summed E-state index contributed by atoms with van der Waals surface area (Å²) in [6.07, 6.45) is 1.92. The molecule has 0 amide bonds. The maximum atomic E-state index is 4.99. The average Bonchev–Trinajstić information content (AvgIpc) is 3.06. The van der Waals surface area contributed by atoms with Crippen molar-refractivity contribution in [3.8, 4) is 11.3 Å². The summed E-state index contributed by atoms with van der Waals surface area (Å²) in [5.41, 5.74) is 4.64. The summed E-state index contributed by atoms with van der Waals surface area (Å²) in [6, 6.07) is 23.3. The zero-order valence-electron chi connectivity index (χ0n) is 14.7. The fraction of sp³-hybridized carbons (Fsp3) is 0.0870. The molecule has 0 saturated heterocycles. The maximum Gasteiger partial charge on any atom is 0.190 e. The van der Waals surface area contributed by atoms with Gasteiger partial charge in [-0.25, -0.2) is 4.99 Å². The first-order valence-electron chi connectivity index (χ1n) is 8.65. The van der Waals surface area contributed by atoms with Crippen LogP contribution in [0.1, 0.15) is 5.56 Å². The molecule has 128 valence electrons. The van der Waals surface area contributed by atoms with Crippen LogP contribution in [0, 0.1) is 6.92 Å². The molecule has 1 heterocycles. The molecule has 0 aliphatic carbocycles. The van der Waals surface area contributed by atoms with Crippen molar-refractivity contribution in [1.29, 1.82) is 0 Å². The Hall–Kier alpha value is -2.91. The Balaban J connectivity index is 1.90. The van der Waals surface area contributed by atoms with Crippen molar-refractivity contribution in [1.82, 2.24) is 4.57 Å². The van der Waals surface area contributed by atoms with Crippen molar-refractivity contribution >= 4 is 27.8 Å². The molecule has 26 heavy (non-hydrogen) atoms. The van der Waals surface area contributed by atoms with Gasteiger partial charge in [0.25, 0.3) is 0 Å². The van der Waals surface area contributed by atoms with E-state index in [-0.39, 0.29) is 0 Å². The van der Waals surface area contributed by atoms with Crippen LogP contribution in [0.25, 0.3) is 22.0 Å². The van der Waals surface area contributed by atoms with E-state index in [2.05, 4.69) is 90.2 Å². The van der Waals surface area contributed by atoms with Crippen molar-refractivity contribution in [3.05, 3.63) is 95.1 Å². The van der Waals surface area contributed by atoms with Gasteiger partial charge in [0.15, 0.2) is 4.80 Å². The fourth-order valence-electron chi connectivity index (χ4n) is 3.09. The minimum Gasteiger partial charge on any atom is -0.313 e. The number of thiazole rings is 1. The third-order valence-electron chi connectivity index (χ3n) is 4.44. The fourth-order valence-corrected chi connectivity index (χ4v) is 4.02. The summed E-state index contributed by atoms with van der Waals surface area (Å²) in [5, 5.41) is 4.56. The van der Waals surface area contributed by atoms with Gasteiger partial charge in [-0.3, -0.25) is 0 Å². The number of aromatic nitrogens is 1. The monoisotopic (exact) mass is 356 g/mol. The van der Waals surface area contributed by atoms with Gasteiger partial charge in [-0.2, -0.15) is 0 Å². The molecule has 0 spiro atoms. The van der Waals surface area contributed by atoms with E-state index in [4.69, 9.17) is 4.99 Å². The summed E-state index contributed by atoms with van der Waals surface area (Å²) in [4.78, 5) is 5.97. The standard InChI is InChI=1S/C23H20N2S/c1-3-15-25-22(19-13-11-17(2)12-14-19)16-26-23(25)24-21-10-6-8-18-7-4-5-9-20(18)21/h3-14,16H,1,15H2,2H3. The predicted molar refractivity (Wildman–Crippen MR) is 112 cm³/mol. The highest BCUT2D eigenvalue weighted by molar-refractivity contribution is 7.07. The minimum atomic E-state index is 0.732. The number of allylic oxidation sites excluding steroid dienone is 1. The van der Waals surface area contributed by atoms with Crippen LogP contribution in [0.3, 0.4) is 0 Å². The van der Waals surface area contributed by atoms with Crippen LogP contribution in [0.15, 0.2) is 89.8 Å². The maximum absolute atomic E-state index is 4.99. The van der Waals surface area contributed by atoms with E-state index in [1.807, 2.05) is 6.08 Å². The SMILES string of the molecule is C=CCn1c(-c2ccc(C)cc2)csc1=Nc1cccc2ccccc12. The lowest BCUT2D eigenvalue weighted by molar-refractivity contribution is 0.801. The van der Waals surface area contributed by atoms with Crippen molar-refractivity contribution in [3.63, 3.8) is 0 Å². The molecule has 0 unspecified atom stereocenters. The van der Waals surface area contributed by atoms with Gasteiger partial charge in [0.2, 0.25) is 0 Å². The number of aryl methyl sites for hydroxylation is 1. The molecule has 2 nitrogen and oxygen atoms in total. The quantitative estimate of drug-likeness (QED) is 0.393. The number of rotatable bonds is 4. The normalized spacial score (nSPS) is 11.8. The van der Waals surface area contributed by atoms with Crippen LogP contribution >= 0.6 is 11.3 Å². The number of benzene rings is 3. The highest BCUT2D eigenvalue weighted by Crippen LogP contribution is 2.26. The zero-order chi connectivity index (χ0) is 17.9. The van der Waals surface area contributed by atoms with Crippen LogP contribution in [0.4, 0.5) is 5.69 Å². The van der Waals surface area contributed by atoms with Crippen molar-refractivity contribution in [2.45, 2.75) is 13.5 Å². The molecule has 0 aliphatic heterocycles. The summed E-state index contributed by atoms with van der Waals surface area (Å²) >= 11 is 1.67. The van der Waals surface area contributed by atoms with E-state index >= 15 is 0 Å². The molecule has 3 aromatic carbocycles. The Morgan fingerprint density at radius 1 is 1.00 bits per heavy atom. The summed E-state index contributed by atoms with van der Waals surface area (Å²) in [6.45, 7) is 6.76. The topological polar surface area (TPSA) is 17.3 Å². The Kier molecular flexibility index (Phi) is 4.55. The van der Waals surface area contributed by atoms with E-state index in [9.17, 15) is 0 Å². The molecule has 0 aliphatic rings. The van der Waals surface area contributed by atoms with Gasteiger partial charge >= 0.3 is 0 Å². The van der Waals surface area contributed by atoms with Crippen molar-refractivity contribution in [2.75, 3.05) is 0 Å². The lowest BCUT2D eigenvalue weighted by Crippen LogP contribution is -2.14. The van der Waals surface area contributed by atoms with E-state index in [0.29, 0.717) is 0 Å². The molecule has 0 N–H and O–H groups in total. The van der Waals surface area contributed by atoms with Gasteiger partial charge in [-0.05, 0) is 23.9 Å². The van der Waals surface area contributed by atoms with E-state index in [1.165, 1.54) is 27.6 Å². The number of hydrogen-bond donors (Lipinski definition) is 0. The van der Waals surface area contributed by atoms with Crippen LogP contribution in [-0.4, -0.2) is 4.57 Å². The largest absolute Gasteiger partial charge is 0.313 e. The van der Waals surface area contributed by atoms with Crippen molar-refractivity contribution in [2.24, 2.45) is 4.99 Å². The predicted octanol–water partition coefficient (Wildman–Crippen LogP) is 6.10. The van der Waals surface area contributed by atoms with Crippen LogP contribution in [0.5, 0.6) is 0 Å². The molecule has 4 rings (SSSR count). The Labute approximate surface area is 157 Å². The highest BCUT2D eigenvalue weighted by atomic mass is 32.1. The molecule has 0 atom stereocenters. The average molecular weight is 356 g/mol. The van der Waals surface area contributed by atoms with E-state index in [0.717, 1.165) is 17.0 Å². The molecular formula is C23H20N2S. The van der Waals surface area contributed by atoms with Gasteiger partial charge < -0.3 is 4.57 Å². The Morgan fingerprint density at radius 3 is 2.58 bits per heavy atom. The Bertz CT molecular complexity index is 1130. The second-order valence-corrected chi connectivity index (χ2v) is 7.12. The summed E-state index contributed by atoms with van der Waals surface area (Å²) in [5.74, 6) is 0. The summed E-state index contributed by atoms with van der Waals surface area (Å²) in [7, 11) is 0. The minimum absolute atomic E-state index is 0.732. The third kappa shape index (κ3) is 3.14. The first-order valence-corrected chi connectivity index (χ1v) is 9.53. The lowest BCUT2D eigenvalue weighted by atomic mass is 10.1. The first kappa shape index (κ1) is 16.6. The number of nitrogens with zero attached hydrogens (tertiary/aromatic N) is 2. The molecule has 0 fully saturated rings. The summed E-state index contributed by atoms with van der Waals surface area (Å²) < 4.78 is 2.23. The molecule has 1 aromatic heterocycles. The molecule has 3 heteroatoms. The zero-order valence-corrected chi connectivity index (χ0v) is 15.5. The van der Waals surface area contributed by atoms with E-state index in [1.54, 1.807) is 11.3 Å². The highest BCUT2D eigenvalue weighted by Gasteiger charge is 2.08. The number of hydrogen-bond acceptors (Lipinski definition) is 2. The lowest BCUT2D eigenvalue weighted by Gasteiger charge is -2.07. The Morgan fingerprint density at radius 2 is 1.77 bits per heavy atom. The van der Waals surface area contributed by atoms with Gasteiger partial charge in [0.05, 0.1) is 11.4 Å². The van der Waals surface area contributed by atoms with Crippen LogP contribution in [0.2, 0.25) is 0 Å². The van der Waals surface area contributed by atoms with E-state index < -0.39 is 0 Å². The van der Waals surface area contributed by atoms with Gasteiger partial charge in [-0.15, -0.1) is 17.9 Å². The van der Waals surface area contributed by atoms with Gasteiger partial charge in [0, 0.05) is 17.3 Å². The second-order valence-electron chi connectivity index (χ2n) is 6.28.